The molecule has 0 spiro atoms. The van der Waals surface area contributed by atoms with Gasteiger partial charge in [0.1, 0.15) is 6.29 Å². The van der Waals surface area contributed by atoms with Crippen LogP contribution in [0.2, 0.25) is 0 Å². The molecule has 1 unspecified atom stereocenters. The Hall–Kier alpha value is -2.63. The van der Waals surface area contributed by atoms with E-state index in [4.69, 9.17) is 10.5 Å². The minimum atomic E-state index is 0.0238. The summed E-state index contributed by atoms with van der Waals surface area (Å²) >= 11 is 0. The van der Waals surface area contributed by atoms with Crippen LogP contribution >= 0.6 is 0 Å². The number of ether oxygens (including phenoxy) is 1. The molecule has 0 amide bonds. The number of carbonyl (C=O) groups excluding carboxylic acids is 1. The number of nitrogens with two attached hydrogens (primary N) is 1. The first kappa shape index (κ1) is 25.4. The smallest absolute Gasteiger partial charge is 0.120 e. The average Bonchev–Trinajstić information content (AvgIpc) is 2.77. The van der Waals surface area contributed by atoms with Crippen molar-refractivity contribution in [2.75, 3.05) is 13.7 Å². The molecule has 0 saturated carbocycles. The molecule has 1 atom stereocenters. The zero-order chi connectivity index (χ0) is 22.2. The van der Waals surface area contributed by atoms with E-state index in [0.29, 0.717) is 13.0 Å². The Morgan fingerprint density at radius 3 is 2.57 bits per heavy atom. The number of aliphatic hydroxyl groups is 1. The van der Waals surface area contributed by atoms with Crippen LogP contribution in [0.15, 0.2) is 60.4 Å². The van der Waals surface area contributed by atoms with Gasteiger partial charge in [-0.3, -0.25) is 0 Å². The van der Waals surface area contributed by atoms with Gasteiger partial charge in [0.25, 0.3) is 0 Å². The summed E-state index contributed by atoms with van der Waals surface area (Å²) in [6, 6.07) is 16.1. The number of hydrogen-bond donors (Lipinski definition) is 3. The van der Waals surface area contributed by atoms with Crippen molar-refractivity contribution in [3.8, 4) is 0 Å². The molecular formula is C25H36N2O3. The molecule has 0 saturated heterocycles. The minimum Gasteiger partial charge on any atom is -0.401 e. The van der Waals surface area contributed by atoms with Gasteiger partial charge in [-0.2, -0.15) is 0 Å². The molecule has 30 heavy (non-hydrogen) atoms. The van der Waals surface area contributed by atoms with E-state index >= 15 is 0 Å². The fourth-order valence-corrected chi connectivity index (χ4v) is 3.04. The van der Waals surface area contributed by atoms with Gasteiger partial charge in [0.05, 0.1) is 13.2 Å². The molecule has 2 aromatic rings. The lowest BCUT2D eigenvalue weighted by Crippen LogP contribution is -2.10. The molecule has 164 valence electrons. The van der Waals surface area contributed by atoms with E-state index in [1.165, 1.54) is 5.56 Å². The molecule has 0 bridgehead atoms. The zero-order valence-electron chi connectivity index (χ0n) is 18.4. The molecule has 0 aliphatic rings. The van der Waals surface area contributed by atoms with Crippen molar-refractivity contribution >= 4 is 6.29 Å². The molecule has 0 heterocycles. The van der Waals surface area contributed by atoms with Crippen molar-refractivity contribution < 1.29 is 14.6 Å². The van der Waals surface area contributed by atoms with E-state index in [9.17, 15) is 9.90 Å². The molecule has 0 fully saturated rings. The van der Waals surface area contributed by atoms with Crippen molar-refractivity contribution in [3.63, 3.8) is 0 Å². The minimum absolute atomic E-state index is 0.0238. The summed E-state index contributed by atoms with van der Waals surface area (Å²) in [4.78, 5) is 10.9. The first-order chi connectivity index (χ1) is 14.5. The van der Waals surface area contributed by atoms with Crippen molar-refractivity contribution in [1.29, 1.82) is 0 Å². The van der Waals surface area contributed by atoms with Crippen LogP contribution in [0.1, 0.15) is 54.4 Å². The second kappa shape index (κ2) is 15.2. The summed E-state index contributed by atoms with van der Waals surface area (Å²) in [7, 11) is 1.70. The highest BCUT2D eigenvalue weighted by Gasteiger charge is 2.13. The summed E-state index contributed by atoms with van der Waals surface area (Å²) < 4.78 is 4.93. The first-order valence-electron chi connectivity index (χ1n) is 10.4. The Bertz CT molecular complexity index is 760. The lowest BCUT2D eigenvalue weighted by molar-refractivity contribution is -0.108. The van der Waals surface area contributed by atoms with E-state index in [-0.39, 0.29) is 12.5 Å². The molecule has 5 nitrogen and oxygen atoms in total. The number of hydrogen-bond acceptors (Lipinski definition) is 5. The normalized spacial score (nSPS) is 11.9. The summed E-state index contributed by atoms with van der Waals surface area (Å²) in [5, 5.41) is 12.4. The van der Waals surface area contributed by atoms with Crippen molar-refractivity contribution in [1.82, 2.24) is 5.32 Å². The topological polar surface area (TPSA) is 84.6 Å². The van der Waals surface area contributed by atoms with E-state index in [2.05, 4.69) is 5.32 Å². The molecular weight excluding hydrogens is 376 g/mol. The van der Waals surface area contributed by atoms with Crippen LogP contribution in [-0.2, 0) is 22.7 Å². The van der Waals surface area contributed by atoms with Crippen molar-refractivity contribution in [2.45, 2.75) is 52.2 Å². The van der Waals surface area contributed by atoms with E-state index in [0.717, 1.165) is 48.1 Å². The maximum absolute atomic E-state index is 10.9. The predicted octanol–water partition coefficient (Wildman–Crippen LogP) is 4.18. The SMILES string of the molecule is CCN/C=C(\N)CCC(CC=O)c1ccc(C)c(CO)c1.COCc1ccccc1. The summed E-state index contributed by atoms with van der Waals surface area (Å²) in [6.45, 7) is 5.57. The quantitative estimate of drug-likeness (QED) is 0.482. The van der Waals surface area contributed by atoms with Crippen LogP contribution in [0.4, 0.5) is 0 Å². The lowest BCUT2D eigenvalue weighted by atomic mass is 9.89. The number of rotatable bonds is 11. The van der Waals surface area contributed by atoms with Crippen LogP contribution in [0.3, 0.4) is 0 Å². The number of nitrogens with one attached hydrogen (secondary N) is 1. The van der Waals surface area contributed by atoms with Gasteiger partial charge in [0, 0.05) is 32.0 Å². The number of aryl methyl sites for hydroxylation is 1. The van der Waals surface area contributed by atoms with Crippen LogP contribution in [0, 0.1) is 6.92 Å². The van der Waals surface area contributed by atoms with E-state index in [1.54, 1.807) is 7.11 Å². The van der Waals surface area contributed by atoms with E-state index < -0.39 is 0 Å². The largest absolute Gasteiger partial charge is 0.401 e. The Morgan fingerprint density at radius 2 is 1.97 bits per heavy atom. The fraction of sp³-hybridized carbons (Fsp3) is 0.400. The first-order valence-corrected chi connectivity index (χ1v) is 10.4. The standard InChI is InChI=1S/C17H26N2O2.C8H10O/c1-3-19-11-17(18)7-6-14(8-9-20)15-5-4-13(2)16(10-15)12-21;1-9-7-8-5-3-2-4-6-8/h4-5,9-11,14,19,21H,3,6-8,12,18H2,1-2H3;2-6H,7H2,1H3/b17-11-;. The Morgan fingerprint density at radius 1 is 1.23 bits per heavy atom. The van der Waals surface area contributed by atoms with Gasteiger partial charge in [0.2, 0.25) is 0 Å². The van der Waals surface area contributed by atoms with Gasteiger partial charge in [-0.25, -0.2) is 0 Å². The van der Waals surface area contributed by atoms with Crippen LogP contribution in [0.25, 0.3) is 0 Å². The fourth-order valence-electron chi connectivity index (χ4n) is 3.04. The lowest BCUT2D eigenvalue weighted by Gasteiger charge is -2.17. The Kier molecular flexibility index (Phi) is 12.9. The third kappa shape index (κ3) is 9.72. The van der Waals surface area contributed by atoms with E-state index in [1.807, 2.05) is 68.6 Å². The van der Waals surface area contributed by atoms with Crippen molar-refractivity contribution in [2.24, 2.45) is 5.73 Å². The van der Waals surface area contributed by atoms with Gasteiger partial charge >= 0.3 is 0 Å². The predicted molar refractivity (Wildman–Crippen MR) is 123 cm³/mol. The summed E-state index contributed by atoms with van der Waals surface area (Å²) in [6.07, 6.45) is 4.82. The molecule has 0 aliphatic carbocycles. The number of benzene rings is 2. The van der Waals surface area contributed by atoms with Crippen LogP contribution in [0.5, 0.6) is 0 Å². The van der Waals surface area contributed by atoms with Crippen LogP contribution < -0.4 is 11.1 Å². The summed E-state index contributed by atoms with van der Waals surface area (Å²) in [5.41, 5.74) is 11.0. The zero-order valence-corrected chi connectivity index (χ0v) is 18.4. The highest BCUT2D eigenvalue weighted by atomic mass is 16.5. The monoisotopic (exact) mass is 412 g/mol. The Balaban J connectivity index is 0.000000414. The third-order valence-electron chi connectivity index (χ3n) is 4.82. The second-order valence-corrected chi connectivity index (χ2v) is 7.18. The average molecular weight is 413 g/mol. The molecule has 0 aromatic heterocycles. The number of methoxy groups -OCH3 is 1. The van der Waals surface area contributed by atoms with Gasteiger partial charge in [-0.1, -0.05) is 48.5 Å². The van der Waals surface area contributed by atoms with Crippen LogP contribution in [-0.4, -0.2) is 25.0 Å². The maximum Gasteiger partial charge on any atom is 0.120 e. The number of carbonyl (C=O) groups is 1. The second-order valence-electron chi connectivity index (χ2n) is 7.18. The number of aldehydes is 1. The third-order valence-corrected chi connectivity index (χ3v) is 4.82. The number of allylic oxidation sites excluding steroid dienone is 1. The number of aliphatic hydroxyl groups excluding tert-OH is 1. The maximum atomic E-state index is 10.9. The Labute approximate surface area is 181 Å². The molecule has 4 N–H and O–H groups in total. The molecule has 2 aromatic carbocycles. The van der Waals surface area contributed by atoms with Gasteiger partial charge in [-0.15, -0.1) is 0 Å². The van der Waals surface area contributed by atoms with Crippen molar-refractivity contribution in [3.05, 3.63) is 82.7 Å². The molecule has 0 aliphatic heterocycles. The summed E-state index contributed by atoms with van der Waals surface area (Å²) in [5.74, 6) is 0.141. The highest BCUT2D eigenvalue weighted by molar-refractivity contribution is 5.52. The highest BCUT2D eigenvalue weighted by Crippen LogP contribution is 2.27. The van der Waals surface area contributed by atoms with Gasteiger partial charge < -0.3 is 25.7 Å². The molecule has 5 heteroatoms. The molecule has 2 rings (SSSR count). The molecule has 0 radical (unpaired) electrons. The van der Waals surface area contributed by atoms with Gasteiger partial charge in [0.15, 0.2) is 0 Å². The van der Waals surface area contributed by atoms with Gasteiger partial charge in [-0.05, 0) is 54.9 Å².